The molecule has 0 N–H and O–H groups in total. The number of fused-ring (bicyclic) bond motifs is 1. The van der Waals surface area contributed by atoms with E-state index in [1.807, 2.05) is 60.7 Å². The zero-order valence-corrected chi connectivity index (χ0v) is 26.1. The number of hydrogen-bond acceptors (Lipinski definition) is 2. The van der Waals surface area contributed by atoms with Gasteiger partial charge in [0.1, 0.15) is 0 Å². The van der Waals surface area contributed by atoms with Gasteiger partial charge in [-0.05, 0) is 50.2 Å². The highest BCUT2D eigenvalue weighted by molar-refractivity contribution is 6.05. The maximum atomic E-state index is 7.55. The van der Waals surface area contributed by atoms with Crippen molar-refractivity contribution in [2.24, 2.45) is 0 Å². The minimum absolute atomic E-state index is 0.665. The Morgan fingerprint density at radius 3 is 1.27 bits per heavy atom. The Bertz CT molecular complexity index is 2370. The van der Waals surface area contributed by atoms with Gasteiger partial charge in [0.25, 0.3) is 0 Å². The Balaban J connectivity index is 1.15. The van der Waals surface area contributed by atoms with Gasteiger partial charge < -0.3 is 0 Å². The molecule has 8 rings (SSSR count). The molecule has 3 nitrogen and oxygen atoms in total. The van der Waals surface area contributed by atoms with E-state index in [0.29, 0.717) is 11.5 Å². The SMILES string of the molecule is [C-]#[N+]c1ccccc1-c1ccc(-c2ccc(-c3ccc(-c4nc(-c5ccccc5)cc(-c5ccccc5)n4)cc3)c3ccccc23)cc1. The molecule has 1 heterocycles. The molecular weight excluding hydrogens is 583 g/mol. The third-order valence-electron chi connectivity index (χ3n) is 8.77. The summed E-state index contributed by atoms with van der Waals surface area (Å²) in [5.41, 5.74) is 12.2. The molecule has 0 aliphatic rings. The Morgan fingerprint density at radius 2 is 0.771 bits per heavy atom. The predicted octanol–water partition coefficient (Wildman–Crippen LogP) is 12.2. The van der Waals surface area contributed by atoms with E-state index in [0.717, 1.165) is 50.3 Å². The van der Waals surface area contributed by atoms with Crippen LogP contribution >= 0.6 is 0 Å². The number of aromatic nitrogens is 2. The van der Waals surface area contributed by atoms with Crippen LogP contribution in [0.4, 0.5) is 5.69 Å². The van der Waals surface area contributed by atoms with E-state index >= 15 is 0 Å². The number of benzene rings is 7. The molecule has 48 heavy (non-hydrogen) atoms. The van der Waals surface area contributed by atoms with Crippen LogP contribution in [-0.4, -0.2) is 9.97 Å². The van der Waals surface area contributed by atoms with E-state index < -0.39 is 0 Å². The molecule has 0 amide bonds. The largest absolute Gasteiger partial charge is 0.238 e. The first kappa shape index (κ1) is 28.8. The summed E-state index contributed by atoms with van der Waals surface area (Å²) in [6, 6.07) is 60.5. The molecule has 0 fully saturated rings. The van der Waals surface area contributed by atoms with Crippen LogP contribution in [0.1, 0.15) is 0 Å². The van der Waals surface area contributed by atoms with Crippen LogP contribution in [-0.2, 0) is 0 Å². The summed E-state index contributed by atoms with van der Waals surface area (Å²) >= 11 is 0. The monoisotopic (exact) mass is 611 g/mol. The average molecular weight is 612 g/mol. The molecule has 8 aromatic rings. The van der Waals surface area contributed by atoms with Crippen LogP contribution in [0.5, 0.6) is 0 Å². The fraction of sp³-hybridized carbons (Fsp3) is 0. The third kappa shape index (κ3) is 5.53. The van der Waals surface area contributed by atoms with Crippen LogP contribution in [0.3, 0.4) is 0 Å². The molecular formula is C45H29N3. The first-order chi connectivity index (χ1) is 23.7. The van der Waals surface area contributed by atoms with Gasteiger partial charge >= 0.3 is 0 Å². The Kier molecular flexibility index (Phi) is 7.59. The number of nitrogens with zero attached hydrogens (tertiary/aromatic N) is 3. The average Bonchev–Trinajstić information content (AvgIpc) is 3.18. The number of para-hydroxylation sites is 1. The van der Waals surface area contributed by atoms with Gasteiger partial charge in [0, 0.05) is 16.7 Å². The topological polar surface area (TPSA) is 30.1 Å². The van der Waals surface area contributed by atoms with Gasteiger partial charge in [-0.2, -0.15) is 0 Å². The van der Waals surface area contributed by atoms with E-state index in [4.69, 9.17) is 16.5 Å². The molecule has 0 radical (unpaired) electrons. The maximum Gasteiger partial charge on any atom is 0.194 e. The third-order valence-corrected chi connectivity index (χ3v) is 8.77. The highest BCUT2D eigenvalue weighted by atomic mass is 14.9. The standard InChI is InChI=1S/C45H29N3/c1-46-42-19-11-10-16-39(42)33-22-20-31(21-23-33)37-28-29-38(41-18-9-8-17-40(37)41)32-24-26-36(27-25-32)45-47-43(34-12-4-2-5-13-34)30-44(48-45)35-14-6-3-7-15-35/h2-30H. The van der Waals surface area contributed by atoms with Crippen LogP contribution in [0.15, 0.2) is 176 Å². The predicted molar refractivity (Wildman–Crippen MR) is 198 cm³/mol. The van der Waals surface area contributed by atoms with Crippen LogP contribution < -0.4 is 0 Å². The van der Waals surface area contributed by atoms with E-state index in [1.165, 1.54) is 21.9 Å². The Morgan fingerprint density at radius 1 is 0.354 bits per heavy atom. The van der Waals surface area contributed by atoms with Crippen molar-refractivity contribution in [1.82, 2.24) is 9.97 Å². The van der Waals surface area contributed by atoms with Crippen molar-refractivity contribution in [3.8, 4) is 67.3 Å². The lowest BCUT2D eigenvalue weighted by Gasteiger charge is -2.14. The minimum atomic E-state index is 0.665. The molecule has 0 saturated heterocycles. The van der Waals surface area contributed by atoms with Crippen molar-refractivity contribution < 1.29 is 0 Å². The molecule has 0 aliphatic heterocycles. The van der Waals surface area contributed by atoms with Crippen molar-refractivity contribution in [1.29, 1.82) is 0 Å². The first-order valence-corrected chi connectivity index (χ1v) is 15.9. The Labute approximate surface area is 280 Å². The molecule has 0 saturated carbocycles. The lowest BCUT2D eigenvalue weighted by Crippen LogP contribution is -1.96. The fourth-order valence-electron chi connectivity index (χ4n) is 6.34. The normalized spacial score (nSPS) is 10.9. The first-order valence-electron chi connectivity index (χ1n) is 15.9. The second-order valence-corrected chi connectivity index (χ2v) is 11.7. The molecule has 3 heteroatoms. The molecule has 1 aromatic heterocycles. The molecule has 0 atom stereocenters. The lowest BCUT2D eigenvalue weighted by molar-refractivity contribution is 1.18. The molecule has 0 spiro atoms. The van der Waals surface area contributed by atoms with Crippen molar-refractivity contribution in [3.63, 3.8) is 0 Å². The summed E-state index contributed by atoms with van der Waals surface area (Å²) in [4.78, 5) is 13.7. The highest BCUT2D eigenvalue weighted by Crippen LogP contribution is 2.38. The summed E-state index contributed by atoms with van der Waals surface area (Å²) in [6.45, 7) is 7.55. The van der Waals surface area contributed by atoms with Gasteiger partial charge in [-0.3, -0.25) is 0 Å². The van der Waals surface area contributed by atoms with Gasteiger partial charge in [-0.25, -0.2) is 14.8 Å². The fourth-order valence-corrected chi connectivity index (χ4v) is 6.34. The zero-order valence-electron chi connectivity index (χ0n) is 26.1. The lowest BCUT2D eigenvalue weighted by atomic mass is 9.91. The van der Waals surface area contributed by atoms with Crippen LogP contribution in [0.2, 0.25) is 0 Å². The maximum absolute atomic E-state index is 7.55. The van der Waals surface area contributed by atoms with Crippen LogP contribution in [0.25, 0.3) is 82.9 Å². The summed E-state index contributed by atoms with van der Waals surface area (Å²) in [5.74, 6) is 0.699. The summed E-state index contributed by atoms with van der Waals surface area (Å²) in [5, 5.41) is 2.39. The van der Waals surface area contributed by atoms with E-state index in [-0.39, 0.29) is 0 Å². The Hall–Kier alpha value is -6.63. The van der Waals surface area contributed by atoms with E-state index in [1.54, 1.807) is 0 Å². The quantitative estimate of drug-likeness (QED) is 0.175. The number of rotatable bonds is 6. The second-order valence-electron chi connectivity index (χ2n) is 11.7. The smallest absolute Gasteiger partial charge is 0.194 e. The highest BCUT2D eigenvalue weighted by Gasteiger charge is 2.13. The number of hydrogen-bond donors (Lipinski definition) is 0. The van der Waals surface area contributed by atoms with Crippen molar-refractivity contribution in [3.05, 3.63) is 187 Å². The van der Waals surface area contributed by atoms with Gasteiger partial charge in [0.2, 0.25) is 0 Å². The molecule has 224 valence electrons. The minimum Gasteiger partial charge on any atom is -0.238 e. The second kappa shape index (κ2) is 12.6. The molecule has 7 aromatic carbocycles. The summed E-state index contributed by atoms with van der Waals surface area (Å²) < 4.78 is 0. The van der Waals surface area contributed by atoms with E-state index in [2.05, 4.69) is 120 Å². The van der Waals surface area contributed by atoms with Crippen molar-refractivity contribution in [2.75, 3.05) is 0 Å². The van der Waals surface area contributed by atoms with E-state index in [9.17, 15) is 0 Å². The molecule has 0 aliphatic carbocycles. The van der Waals surface area contributed by atoms with Gasteiger partial charge in [0.05, 0.1) is 18.0 Å². The summed E-state index contributed by atoms with van der Waals surface area (Å²) in [6.07, 6.45) is 0. The van der Waals surface area contributed by atoms with Gasteiger partial charge in [-0.1, -0.05) is 170 Å². The molecule has 0 bridgehead atoms. The van der Waals surface area contributed by atoms with Crippen molar-refractivity contribution in [2.45, 2.75) is 0 Å². The summed E-state index contributed by atoms with van der Waals surface area (Å²) in [7, 11) is 0. The van der Waals surface area contributed by atoms with Crippen LogP contribution in [0, 0.1) is 6.57 Å². The van der Waals surface area contributed by atoms with Crippen molar-refractivity contribution >= 4 is 16.5 Å². The zero-order chi connectivity index (χ0) is 32.3. The van der Waals surface area contributed by atoms with Gasteiger partial charge in [0.15, 0.2) is 11.5 Å². The van der Waals surface area contributed by atoms with Gasteiger partial charge in [-0.15, -0.1) is 0 Å². The molecule has 0 unspecified atom stereocenters.